The van der Waals surface area contributed by atoms with E-state index in [0.717, 1.165) is 23.3 Å². The summed E-state index contributed by atoms with van der Waals surface area (Å²) in [5.74, 6) is 1.70. The van der Waals surface area contributed by atoms with Gasteiger partial charge in [-0.1, -0.05) is 18.7 Å². The Morgan fingerprint density at radius 3 is 3.13 bits per heavy atom. The average Bonchev–Trinajstić information content (AvgIpc) is 3.08. The second-order valence-corrected chi connectivity index (χ2v) is 7.76. The van der Waals surface area contributed by atoms with Crippen LogP contribution in [0.5, 0.6) is 0 Å². The van der Waals surface area contributed by atoms with Crippen LogP contribution in [0, 0.1) is 5.92 Å². The Balaban J connectivity index is 1.79. The van der Waals surface area contributed by atoms with Crippen molar-refractivity contribution in [3.05, 3.63) is 15.8 Å². The fraction of sp³-hybridized carbons (Fsp3) is 0.562. The minimum atomic E-state index is -0.219. The van der Waals surface area contributed by atoms with E-state index in [2.05, 4.69) is 22.5 Å². The van der Waals surface area contributed by atoms with Gasteiger partial charge >= 0.3 is 5.97 Å². The van der Waals surface area contributed by atoms with Gasteiger partial charge in [0, 0.05) is 22.9 Å². The minimum Gasteiger partial charge on any atom is -0.465 e. The van der Waals surface area contributed by atoms with Crippen LogP contribution < -0.4 is 0 Å². The molecule has 2 aromatic heterocycles. The number of ether oxygens (including phenoxy) is 1. The zero-order valence-corrected chi connectivity index (χ0v) is 15.3. The van der Waals surface area contributed by atoms with Crippen LogP contribution in [-0.4, -0.2) is 33.1 Å². The third-order valence-corrected chi connectivity index (χ3v) is 6.15. The summed E-state index contributed by atoms with van der Waals surface area (Å²) in [6.45, 7) is 4.53. The van der Waals surface area contributed by atoms with Gasteiger partial charge in [-0.2, -0.15) is 0 Å². The molecule has 0 aromatic carbocycles. The lowest BCUT2D eigenvalue weighted by atomic mass is 9.88. The topological polar surface area (TPSA) is 57.0 Å². The molecule has 0 N–H and O–H groups in total. The highest BCUT2D eigenvalue weighted by molar-refractivity contribution is 7.99. The summed E-state index contributed by atoms with van der Waals surface area (Å²) in [4.78, 5) is 13.0. The molecular weight excluding hydrogens is 330 g/mol. The van der Waals surface area contributed by atoms with Crippen molar-refractivity contribution < 1.29 is 9.53 Å². The highest BCUT2D eigenvalue weighted by atomic mass is 32.2. The zero-order valence-electron chi connectivity index (χ0n) is 13.7. The molecule has 1 atom stereocenters. The Labute approximate surface area is 144 Å². The third kappa shape index (κ3) is 3.45. The van der Waals surface area contributed by atoms with E-state index in [4.69, 9.17) is 4.74 Å². The van der Waals surface area contributed by atoms with Crippen molar-refractivity contribution in [2.75, 3.05) is 12.4 Å². The number of carbonyl (C=O) groups is 1. The molecule has 0 aliphatic heterocycles. The number of nitrogens with zero attached hydrogens (tertiary/aromatic N) is 3. The quantitative estimate of drug-likeness (QED) is 0.611. The number of esters is 1. The van der Waals surface area contributed by atoms with Gasteiger partial charge < -0.3 is 9.30 Å². The lowest BCUT2D eigenvalue weighted by Crippen LogP contribution is -2.10. The number of rotatable bonds is 5. The molecule has 7 heteroatoms. The Hall–Kier alpha value is -1.34. The first kappa shape index (κ1) is 16.5. The first-order valence-corrected chi connectivity index (χ1v) is 9.74. The van der Waals surface area contributed by atoms with Gasteiger partial charge in [0.25, 0.3) is 0 Å². The number of thioether (sulfide) groups is 1. The molecule has 0 amide bonds. The van der Waals surface area contributed by atoms with Crippen molar-refractivity contribution in [2.45, 2.75) is 38.3 Å². The second-order valence-electron chi connectivity index (χ2n) is 5.86. The van der Waals surface area contributed by atoms with Crippen molar-refractivity contribution in [3.63, 3.8) is 0 Å². The van der Waals surface area contributed by atoms with E-state index in [-0.39, 0.29) is 11.7 Å². The highest BCUT2D eigenvalue weighted by Crippen LogP contribution is 2.37. The molecule has 0 fully saturated rings. The van der Waals surface area contributed by atoms with E-state index in [1.807, 2.05) is 29.9 Å². The summed E-state index contributed by atoms with van der Waals surface area (Å²) in [6, 6.07) is 0. The molecule has 0 spiro atoms. The van der Waals surface area contributed by atoms with Gasteiger partial charge in [0.05, 0.1) is 12.4 Å². The monoisotopic (exact) mass is 351 g/mol. The Kier molecular flexibility index (Phi) is 5.06. The van der Waals surface area contributed by atoms with E-state index < -0.39 is 0 Å². The SMILES string of the molecule is CCOC(=O)CSc1nnc(-c2csc3c2CCC(C)C3)n1C. The van der Waals surface area contributed by atoms with Crippen LogP contribution in [0.1, 0.15) is 30.7 Å². The van der Waals surface area contributed by atoms with Crippen molar-refractivity contribution >= 4 is 29.1 Å². The summed E-state index contributed by atoms with van der Waals surface area (Å²) >= 11 is 3.20. The Morgan fingerprint density at radius 2 is 2.35 bits per heavy atom. The second kappa shape index (κ2) is 7.05. The summed E-state index contributed by atoms with van der Waals surface area (Å²) < 4.78 is 6.93. The average molecular weight is 351 g/mol. The highest BCUT2D eigenvalue weighted by Gasteiger charge is 2.23. The first-order valence-electron chi connectivity index (χ1n) is 7.87. The number of fused-ring (bicyclic) bond motifs is 1. The van der Waals surface area contributed by atoms with Crippen molar-refractivity contribution in [1.29, 1.82) is 0 Å². The molecule has 0 saturated carbocycles. The van der Waals surface area contributed by atoms with E-state index >= 15 is 0 Å². The largest absolute Gasteiger partial charge is 0.465 e. The molecule has 23 heavy (non-hydrogen) atoms. The van der Waals surface area contributed by atoms with Crippen molar-refractivity contribution in [1.82, 2.24) is 14.8 Å². The molecule has 0 radical (unpaired) electrons. The Morgan fingerprint density at radius 1 is 1.52 bits per heavy atom. The van der Waals surface area contributed by atoms with Crippen molar-refractivity contribution in [2.24, 2.45) is 13.0 Å². The van der Waals surface area contributed by atoms with Gasteiger partial charge in [-0.25, -0.2) is 0 Å². The van der Waals surface area contributed by atoms with Gasteiger partial charge in [-0.15, -0.1) is 21.5 Å². The van der Waals surface area contributed by atoms with E-state index in [0.29, 0.717) is 6.61 Å². The Bertz CT molecular complexity index is 708. The maximum Gasteiger partial charge on any atom is 0.316 e. The minimum absolute atomic E-state index is 0.219. The zero-order chi connectivity index (χ0) is 16.4. The number of thiophene rings is 1. The molecule has 1 aliphatic carbocycles. The number of hydrogen-bond acceptors (Lipinski definition) is 6. The fourth-order valence-corrected chi connectivity index (χ4v) is 4.82. The number of hydrogen-bond donors (Lipinski definition) is 0. The molecular formula is C16H21N3O2S2. The van der Waals surface area contributed by atoms with E-state index in [1.165, 1.54) is 40.6 Å². The van der Waals surface area contributed by atoms with Crippen LogP contribution in [0.2, 0.25) is 0 Å². The van der Waals surface area contributed by atoms with Crippen LogP contribution >= 0.6 is 23.1 Å². The molecule has 0 saturated heterocycles. The van der Waals surface area contributed by atoms with Crippen molar-refractivity contribution in [3.8, 4) is 11.4 Å². The van der Waals surface area contributed by atoms with Crippen LogP contribution in [0.3, 0.4) is 0 Å². The smallest absolute Gasteiger partial charge is 0.316 e. The van der Waals surface area contributed by atoms with Crippen LogP contribution in [0.25, 0.3) is 11.4 Å². The fourth-order valence-electron chi connectivity index (χ4n) is 2.87. The van der Waals surface area contributed by atoms with Crippen LogP contribution in [0.4, 0.5) is 0 Å². The van der Waals surface area contributed by atoms with E-state index in [1.54, 1.807) is 0 Å². The summed E-state index contributed by atoms with van der Waals surface area (Å²) in [5, 5.41) is 11.5. The molecule has 0 bridgehead atoms. The molecule has 5 nitrogen and oxygen atoms in total. The summed E-state index contributed by atoms with van der Waals surface area (Å²) in [5.41, 5.74) is 2.64. The first-order chi connectivity index (χ1) is 11.1. The maximum atomic E-state index is 11.5. The van der Waals surface area contributed by atoms with E-state index in [9.17, 15) is 4.79 Å². The normalized spacial score (nSPS) is 17.1. The molecule has 124 valence electrons. The standard InChI is InChI=1S/C16H21N3O2S2/c1-4-21-14(20)9-23-16-18-17-15(19(16)3)12-8-22-13-7-10(2)5-6-11(12)13/h8,10H,4-7,9H2,1-3H3. The lowest BCUT2D eigenvalue weighted by molar-refractivity contribution is -0.139. The van der Waals surface area contributed by atoms with Gasteiger partial charge in [0.1, 0.15) is 0 Å². The summed E-state index contributed by atoms with van der Waals surface area (Å²) in [6.07, 6.45) is 3.52. The molecule has 3 rings (SSSR count). The summed E-state index contributed by atoms with van der Waals surface area (Å²) in [7, 11) is 1.96. The van der Waals surface area contributed by atoms with Gasteiger partial charge in [0.2, 0.25) is 0 Å². The molecule has 2 aromatic rings. The third-order valence-electron chi connectivity index (χ3n) is 4.10. The van der Waals surface area contributed by atoms with Crippen LogP contribution in [-0.2, 0) is 29.4 Å². The molecule has 2 heterocycles. The number of aromatic nitrogens is 3. The van der Waals surface area contributed by atoms with Crippen LogP contribution in [0.15, 0.2) is 10.5 Å². The number of carbonyl (C=O) groups excluding carboxylic acids is 1. The maximum absolute atomic E-state index is 11.5. The van der Waals surface area contributed by atoms with Gasteiger partial charge in [-0.3, -0.25) is 4.79 Å². The predicted molar refractivity (Wildman–Crippen MR) is 92.9 cm³/mol. The molecule has 1 aliphatic rings. The van der Waals surface area contributed by atoms with Gasteiger partial charge in [-0.05, 0) is 37.7 Å². The van der Waals surface area contributed by atoms with Gasteiger partial charge in [0.15, 0.2) is 11.0 Å². The predicted octanol–water partition coefficient (Wildman–Crippen LogP) is 3.32. The molecule has 1 unspecified atom stereocenters. The lowest BCUT2D eigenvalue weighted by Gasteiger charge is -2.18.